The van der Waals surface area contributed by atoms with Crippen molar-refractivity contribution in [3.8, 4) is 0 Å². The van der Waals surface area contributed by atoms with Gasteiger partial charge < -0.3 is 15.5 Å². The fourth-order valence-electron chi connectivity index (χ4n) is 3.20. The molecular formula is C18H33N3O3. The molecule has 0 aromatic heterocycles. The predicted molar refractivity (Wildman–Crippen MR) is 94.4 cm³/mol. The topological polar surface area (TPSA) is 78.5 Å². The molecule has 1 rings (SSSR count). The van der Waals surface area contributed by atoms with Crippen LogP contribution in [0.1, 0.15) is 65.7 Å². The second-order valence-electron chi connectivity index (χ2n) is 6.60. The molecule has 0 spiro atoms. The van der Waals surface area contributed by atoms with Crippen molar-refractivity contribution in [2.24, 2.45) is 5.92 Å². The van der Waals surface area contributed by atoms with Crippen molar-refractivity contribution in [2.45, 2.75) is 71.8 Å². The minimum Gasteiger partial charge on any atom is -0.354 e. The Morgan fingerprint density at radius 1 is 1.08 bits per heavy atom. The molecule has 0 aromatic rings. The third-order valence-electron chi connectivity index (χ3n) is 4.72. The van der Waals surface area contributed by atoms with E-state index >= 15 is 0 Å². The number of hydrogen-bond donors (Lipinski definition) is 2. The monoisotopic (exact) mass is 339 g/mol. The Morgan fingerprint density at radius 3 is 2.29 bits per heavy atom. The highest BCUT2D eigenvalue weighted by molar-refractivity contribution is 5.87. The van der Waals surface area contributed by atoms with Gasteiger partial charge in [-0.25, -0.2) is 0 Å². The minimum absolute atomic E-state index is 0.0364. The minimum atomic E-state index is -0.565. The molecule has 2 N–H and O–H groups in total. The van der Waals surface area contributed by atoms with Crippen LogP contribution in [-0.4, -0.2) is 48.3 Å². The van der Waals surface area contributed by atoms with Crippen molar-refractivity contribution in [3.05, 3.63) is 0 Å². The van der Waals surface area contributed by atoms with Crippen LogP contribution < -0.4 is 10.6 Å². The van der Waals surface area contributed by atoms with Crippen LogP contribution in [-0.2, 0) is 14.4 Å². The molecular weight excluding hydrogens is 306 g/mol. The maximum absolute atomic E-state index is 12.0. The highest BCUT2D eigenvalue weighted by Gasteiger charge is 2.20. The van der Waals surface area contributed by atoms with E-state index in [1.165, 1.54) is 19.3 Å². The number of rotatable bonds is 9. The van der Waals surface area contributed by atoms with E-state index in [2.05, 4.69) is 10.6 Å². The summed E-state index contributed by atoms with van der Waals surface area (Å²) in [5, 5.41) is 5.49. The van der Waals surface area contributed by atoms with Crippen molar-refractivity contribution >= 4 is 17.7 Å². The standard InChI is InChI=1S/C18H33N3O3/c1-4-21(5-2)17(23)11-12-19-18(24)14(3)20-16(22)13-15-9-7-6-8-10-15/h14-15H,4-13H2,1-3H3,(H,19,24)(H,20,22)/t14-/m0/s1. The molecule has 1 atom stereocenters. The van der Waals surface area contributed by atoms with Crippen LogP contribution in [0.3, 0.4) is 0 Å². The molecule has 0 saturated heterocycles. The van der Waals surface area contributed by atoms with Crippen molar-refractivity contribution in [2.75, 3.05) is 19.6 Å². The predicted octanol–water partition coefficient (Wildman–Crippen LogP) is 1.84. The first kappa shape index (κ1) is 20.5. The summed E-state index contributed by atoms with van der Waals surface area (Å²) in [7, 11) is 0. The average molecular weight is 339 g/mol. The Hall–Kier alpha value is -1.59. The Balaban J connectivity index is 2.23. The molecule has 24 heavy (non-hydrogen) atoms. The van der Waals surface area contributed by atoms with Gasteiger partial charge in [0, 0.05) is 32.5 Å². The Morgan fingerprint density at radius 2 is 1.71 bits per heavy atom. The van der Waals surface area contributed by atoms with Gasteiger partial charge in [0.15, 0.2) is 0 Å². The molecule has 0 aromatic carbocycles. The van der Waals surface area contributed by atoms with Crippen LogP contribution in [0.25, 0.3) is 0 Å². The third-order valence-corrected chi connectivity index (χ3v) is 4.72. The summed E-state index contributed by atoms with van der Waals surface area (Å²) in [4.78, 5) is 37.6. The summed E-state index contributed by atoms with van der Waals surface area (Å²) < 4.78 is 0. The van der Waals surface area contributed by atoms with Gasteiger partial charge >= 0.3 is 0 Å². The number of amides is 3. The molecule has 0 heterocycles. The zero-order chi connectivity index (χ0) is 17.9. The molecule has 0 unspecified atom stereocenters. The summed E-state index contributed by atoms with van der Waals surface area (Å²) in [6, 6.07) is -0.565. The molecule has 1 fully saturated rings. The Labute approximate surface area is 145 Å². The zero-order valence-electron chi connectivity index (χ0n) is 15.4. The lowest BCUT2D eigenvalue weighted by molar-refractivity contribution is -0.131. The van der Waals surface area contributed by atoms with Crippen LogP contribution in [0, 0.1) is 5.92 Å². The Bertz CT molecular complexity index is 416. The molecule has 0 bridgehead atoms. The van der Waals surface area contributed by atoms with Gasteiger partial charge in [0.2, 0.25) is 17.7 Å². The van der Waals surface area contributed by atoms with E-state index in [9.17, 15) is 14.4 Å². The number of carbonyl (C=O) groups is 3. The second kappa shape index (κ2) is 11.0. The molecule has 1 saturated carbocycles. The van der Waals surface area contributed by atoms with E-state index in [0.717, 1.165) is 12.8 Å². The summed E-state index contributed by atoms with van der Waals surface area (Å²) in [6.07, 6.45) is 6.70. The van der Waals surface area contributed by atoms with Crippen LogP contribution in [0.4, 0.5) is 0 Å². The van der Waals surface area contributed by atoms with E-state index < -0.39 is 6.04 Å². The highest BCUT2D eigenvalue weighted by Crippen LogP contribution is 2.26. The fourth-order valence-corrected chi connectivity index (χ4v) is 3.20. The lowest BCUT2D eigenvalue weighted by Gasteiger charge is -2.22. The second-order valence-corrected chi connectivity index (χ2v) is 6.60. The molecule has 138 valence electrons. The highest BCUT2D eigenvalue weighted by atomic mass is 16.2. The maximum Gasteiger partial charge on any atom is 0.242 e. The van der Waals surface area contributed by atoms with E-state index in [4.69, 9.17) is 0 Å². The molecule has 6 heteroatoms. The Kier molecular flexibility index (Phi) is 9.42. The largest absolute Gasteiger partial charge is 0.354 e. The van der Waals surface area contributed by atoms with Gasteiger partial charge in [-0.2, -0.15) is 0 Å². The lowest BCUT2D eigenvalue weighted by atomic mass is 9.87. The number of hydrogen-bond acceptors (Lipinski definition) is 3. The summed E-state index contributed by atoms with van der Waals surface area (Å²) in [5.41, 5.74) is 0. The number of nitrogens with one attached hydrogen (secondary N) is 2. The van der Waals surface area contributed by atoms with Gasteiger partial charge in [-0.3, -0.25) is 14.4 Å². The van der Waals surface area contributed by atoms with Gasteiger partial charge in [-0.15, -0.1) is 0 Å². The van der Waals surface area contributed by atoms with Gasteiger partial charge in [0.25, 0.3) is 0 Å². The van der Waals surface area contributed by atoms with E-state index in [0.29, 0.717) is 32.0 Å². The summed E-state index contributed by atoms with van der Waals surface area (Å²) in [6.45, 7) is 7.21. The van der Waals surface area contributed by atoms with Gasteiger partial charge in [0.1, 0.15) is 6.04 Å². The summed E-state index contributed by atoms with van der Waals surface area (Å²) in [5.74, 6) is 0.207. The normalized spacial score (nSPS) is 16.3. The fraction of sp³-hybridized carbons (Fsp3) is 0.833. The smallest absolute Gasteiger partial charge is 0.242 e. The van der Waals surface area contributed by atoms with Crippen molar-refractivity contribution in [1.29, 1.82) is 0 Å². The molecule has 1 aliphatic carbocycles. The number of carbonyl (C=O) groups excluding carboxylic acids is 3. The van der Waals surface area contributed by atoms with Crippen molar-refractivity contribution < 1.29 is 14.4 Å². The molecule has 1 aliphatic rings. The maximum atomic E-state index is 12.0. The van der Waals surface area contributed by atoms with Crippen LogP contribution in [0.15, 0.2) is 0 Å². The van der Waals surface area contributed by atoms with E-state index in [-0.39, 0.29) is 24.1 Å². The first-order chi connectivity index (χ1) is 11.5. The van der Waals surface area contributed by atoms with Crippen LogP contribution in [0.2, 0.25) is 0 Å². The van der Waals surface area contributed by atoms with Gasteiger partial charge in [0.05, 0.1) is 0 Å². The molecule has 6 nitrogen and oxygen atoms in total. The first-order valence-electron chi connectivity index (χ1n) is 9.32. The molecule has 0 aliphatic heterocycles. The van der Waals surface area contributed by atoms with Crippen LogP contribution in [0.5, 0.6) is 0 Å². The van der Waals surface area contributed by atoms with Gasteiger partial charge in [-0.1, -0.05) is 19.3 Å². The summed E-state index contributed by atoms with van der Waals surface area (Å²) >= 11 is 0. The van der Waals surface area contributed by atoms with Crippen LogP contribution >= 0.6 is 0 Å². The molecule has 0 radical (unpaired) electrons. The third kappa shape index (κ3) is 7.32. The zero-order valence-corrected chi connectivity index (χ0v) is 15.4. The quantitative estimate of drug-likeness (QED) is 0.673. The molecule has 3 amide bonds. The van der Waals surface area contributed by atoms with Crippen molar-refractivity contribution in [3.63, 3.8) is 0 Å². The van der Waals surface area contributed by atoms with Crippen molar-refractivity contribution in [1.82, 2.24) is 15.5 Å². The number of nitrogens with zero attached hydrogens (tertiary/aromatic N) is 1. The SMILES string of the molecule is CCN(CC)C(=O)CCNC(=O)[C@H](C)NC(=O)CC1CCCCC1. The van der Waals surface area contributed by atoms with Gasteiger partial charge in [-0.05, 0) is 39.5 Å². The van der Waals surface area contributed by atoms with E-state index in [1.807, 2.05) is 13.8 Å². The lowest BCUT2D eigenvalue weighted by Crippen LogP contribution is -2.46. The first-order valence-corrected chi connectivity index (χ1v) is 9.32. The van der Waals surface area contributed by atoms with E-state index in [1.54, 1.807) is 11.8 Å². The average Bonchev–Trinajstić information content (AvgIpc) is 2.56.